The Hall–Kier alpha value is -0.610. The van der Waals surface area contributed by atoms with Crippen LogP contribution < -0.4 is 0 Å². The van der Waals surface area contributed by atoms with Gasteiger partial charge in [-0.15, -0.1) is 0 Å². The van der Waals surface area contributed by atoms with Crippen LogP contribution in [0.1, 0.15) is 25.7 Å². The summed E-state index contributed by atoms with van der Waals surface area (Å²) < 4.78 is 5.13. The third kappa shape index (κ3) is 2.92. The van der Waals surface area contributed by atoms with Crippen LogP contribution in [0.25, 0.3) is 0 Å². The van der Waals surface area contributed by atoms with Crippen LogP contribution >= 0.6 is 0 Å². The molecular weight excluding hydrogens is 194 g/mol. The summed E-state index contributed by atoms with van der Waals surface area (Å²) in [5.41, 5.74) is 0. The van der Waals surface area contributed by atoms with Gasteiger partial charge in [-0.3, -0.25) is 9.69 Å². The molecule has 0 aliphatic carbocycles. The molecule has 0 aromatic heterocycles. The van der Waals surface area contributed by atoms with Gasteiger partial charge in [-0.2, -0.15) is 0 Å². The van der Waals surface area contributed by atoms with E-state index in [0.29, 0.717) is 6.42 Å². The zero-order valence-corrected chi connectivity index (χ0v) is 9.02. The van der Waals surface area contributed by atoms with E-state index in [9.17, 15) is 4.79 Å². The van der Waals surface area contributed by atoms with E-state index in [0.717, 1.165) is 51.5 Å². The molecule has 0 amide bonds. The summed E-state index contributed by atoms with van der Waals surface area (Å²) in [6.07, 6.45) is 3.67. The standard InChI is InChI=1S/C11H19NO3/c13-11(14)6-10-2-1-4-12(10)5-3-9-7-15-8-9/h9-10H,1-8H2,(H,13,14). The van der Waals surface area contributed by atoms with E-state index in [1.165, 1.54) is 0 Å². The number of hydrogen-bond acceptors (Lipinski definition) is 3. The summed E-state index contributed by atoms with van der Waals surface area (Å²) in [5.74, 6) is 0.0509. The molecule has 2 aliphatic rings. The maximum Gasteiger partial charge on any atom is 0.304 e. The highest BCUT2D eigenvalue weighted by Gasteiger charge is 2.27. The number of likely N-dealkylation sites (tertiary alicyclic amines) is 1. The summed E-state index contributed by atoms with van der Waals surface area (Å²) in [5, 5.41) is 8.78. The topological polar surface area (TPSA) is 49.8 Å². The van der Waals surface area contributed by atoms with Crippen molar-refractivity contribution in [1.82, 2.24) is 4.90 Å². The third-order valence-corrected chi connectivity index (χ3v) is 3.44. The summed E-state index contributed by atoms with van der Waals surface area (Å²) in [7, 11) is 0. The lowest BCUT2D eigenvalue weighted by atomic mass is 10.0. The van der Waals surface area contributed by atoms with Gasteiger partial charge in [-0.05, 0) is 32.4 Å². The molecule has 0 aromatic carbocycles. The van der Waals surface area contributed by atoms with Crippen molar-refractivity contribution in [1.29, 1.82) is 0 Å². The van der Waals surface area contributed by atoms with Crippen LogP contribution in [-0.2, 0) is 9.53 Å². The first kappa shape index (κ1) is 10.9. The molecule has 2 saturated heterocycles. The molecule has 4 nitrogen and oxygen atoms in total. The van der Waals surface area contributed by atoms with Crippen molar-refractivity contribution in [3.63, 3.8) is 0 Å². The maximum atomic E-state index is 10.7. The lowest BCUT2D eigenvalue weighted by Gasteiger charge is -2.30. The molecular formula is C11H19NO3. The zero-order chi connectivity index (χ0) is 10.7. The Kier molecular flexibility index (Phi) is 3.59. The molecule has 1 N–H and O–H groups in total. The van der Waals surface area contributed by atoms with Crippen molar-refractivity contribution >= 4 is 5.97 Å². The van der Waals surface area contributed by atoms with Crippen LogP contribution in [0.5, 0.6) is 0 Å². The van der Waals surface area contributed by atoms with Gasteiger partial charge in [0, 0.05) is 12.0 Å². The number of hydrogen-bond donors (Lipinski definition) is 1. The minimum absolute atomic E-state index is 0.281. The minimum Gasteiger partial charge on any atom is -0.481 e. The fraction of sp³-hybridized carbons (Fsp3) is 0.909. The Morgan fingerprint density at radius 1 is 1.47 bits per heavy atom. The number of carboxylic acids is 1. The fourth-order valence-corrected chi connectivity index (χ4v) is 2.42. The average Bonchev–Trinajstić information content (AvgIpc) is 2.49. The summed E-state index contributed by atoms with van der Waals surface area (Å²) in [6, 6.07) is 0.281. The Balaban J connectivity index is 1.71. The van der Waals surface area contributed by atoms with Crippen molar-refractivity contribution in [3.8, 4) is 0 Å². The van der Waals surface area contributed by atoms with E-state index >= 15 is 0 Å². The Morgan fingerprint density at radius 2 is 2.27 bits per heavy atom. The van der Waals surface area contributed by atoms with Crippen molar-refractivity contribution < 1.29 is 14.6 Å². The SMILES string of the molecule is O=C(O)CC1CCCN1CCC1COC1. The Bertz CT molecular complexity index is 228. The van der Waals surface area contributed by atoms with Crippen molar-refractivity contribution in [2.24, 2.45) is 5.92 Å². The van der Waals surface area contributed by atoms with Crippen LogP contribution in [0.3, 0.4) is 0 Å². The number of aliphatic carboxylic acids is 1. The lowest BCUT2D eigenvalue weighted by molar-refractivity contribution is -0.138. The molecule has 4 heteroatoms. The van der Waals surface area contributed by atoms with Crippen molar-refractivity contribution in [2.75, 3.05) is 26.3 Å². The molecule has 0 bridgehead atoms. The number of rotatable bonds is 5. The average molecular weight is 213 g/mol. The Morgan fingerprint density at radius 3 is 2.87 bits per heavy atom. The quantitative estimate of drug-likeness (QED) is 0.739. The van der Waals surface area contributed by atoms with Gasteiger partial charge in [0.2, 0.25) is 0 Å². The van der Waals surface area contributed by atoms with E-state index in [1.54, 1.807) is 0 Å². The molecule has 0 aromatic rings. The molecule has 15 heavy (non-hydrogen) atoms. The molecule has 1 unspecified atom stereocenters. The monoisotopic (exact) mass is 213 g/mol. The van der Waals surface area contributed by atoms with E-state index in [1.807, 2.05) is 0 Å². The number of carbonyl (C=O) groups is 1. The molecule has 0 radical (unpaired) electrons. The van der Waals surface area contributed by atoms with E-state index in [2.05, 4.69) is 4.90 Å². The predicted octanol–water partition coefficient (Wildman–Crippen LogP) is 0.962. The van der Waals surface area contributed by atoms with Crippen LogP contribution in [0.4, 0.5) is 0 Å². The van der Waals surface area contributed by atoms with Gasteiger partial charge in [0.05, 0.1) is 19.6 Å². The third-order valence-electron chi connectivity index (χ3n) is 3.44. The van der Waals surface area contributed by atoms with Gasteiger partial charge in [0.15, 0.2) is 0 Å². The van der Waals surface area contributed by atoms with Crippen molar-refractivity contribution in [2.45, 2.75) is 31.7 Å². The lowest BCUT2D eigenvalue weighted by Crippen LogP contribution is -2.36. The highest BCUT2D eigenvalue weighted by atomic mass is 16.5. The molecule has 1 atom stereocenters. The van der Waals surface area contributed by atoms with Crippen LogP contribution in [0.2, 0.25) is 0 Å². The van der Waals surface area contributed by atoms with Crippen LogP contribution in [0, 0.1) is 5.92 Å². The fourth-order valence-electron chi connectivity index (χ4n) is 2.42. The van der Waals surface area contributed by atoms with Gasteiger partial charge in [0.1, 0.15) is 0 Å². The smallest absolute Gasteiger partial charge is 0.304 e. The first-order valence-electron chi connectivity index (χ1n) is 5.79. The molecule has 2 heterocycles. The van der Waals surface area contributed by atoms with Crippen LogP contribution in [-0.4, -0.2) is 48.3 Å². The number of carboxylic acid groups (broad SMARTS) is 1. The predicted molar refractivity (Wildman–Crippen MR) is 55.8 cm³/mol. The van der Waals surface area contributed by atoms with E-state index < -0.39 is 5.97 Å². The number of nitrogens with zero attached hydrogens (tertiary/aromatic N) is 1. The second-order valence-corrected chi connectivity index (χ2v) is 4.62. The maximum absolute atomic E-state index is 10.7. The summed E-state index contributed by atoms with van der Waals surface area (Å²) >= 11 is 0. The van der Waals surface area contributed by atoms with Gasteiger partial charge < -0.3 is 9.84 Å². The molecule has 2 rings (SSSR count). The molecule has 0 spiro atoms. The van der Waals surface area contributed by atoms with Gasteiger partial charge in [-0.25, -0.2) is 0 Å². The molecule has 0 saturated carbocycles. The Labute approximate surface area is 90.2 Å². The van der Waals surface area contributed by atoms with Gasteiger partial charge in [-0.1, -0.05) is 0 Å². The zero-order valence-electron chi connectivity index (χ0n) is 9.02. The first-order valence-corrected chi connectivity index (χ1v) is 5.79. The highest BCUT2D eigenvalue weighted by molar-refractivity contribution is 5.67. The molecule has 2 fully saturated rings. The molecule has 86 valence electrons. The van der Waals surface area contributed by atoms with Crippen LogP contribution in [0.15, 0.2) is 0 Å². The normalized spacial score (nSPS) is 27.9. The second kappa shape index (κ2) is 4.94. The number of ether oxygens (including phenoxy) is 1. The largest absolute Gasteiger partial charge is 0.481 e. The van der Waals surface area contributed by atoms with Gasteiger partial charge in [0.25, 0.3) is 0 Å². The molecule has 2 aliphatic heterocycles. The van der Waals surface area contributed by atoms with Crippen molar-refractivity contribution in [3.05, 3.63) is 0 Å². The summed E-state index contributed by atoms with van der Waals surface area (Å²) in [6.45, 7) is 3.92. The minimum atomic E-state index is -0.668. The second-order valence-electron chi connectivity index (χ2n) is 4.62. The van der Waals surface area contributed by atoms with Gasteiger partial charge >= 0.3 is 5.97 Å². The van der Waals surface area contributed by atoms with E-state index in [4.69, 9.17) is 9.84 Å². The highest BCUT2D eigenvalue weighted by Crippen LogP contribution is 2.22. The first-order chi connectivity index (χ1) is 7.25. The summed E-state index contributed by atoms with van der Waals surface area (Å²) in [4.78, 5) is 13.0. The van der Waals surface area contributed by atoms with E-state index in [-0.39, 0.29) is 6.04 Å².